The van der Waals surface area contributed by atoms with E-state index in [1.807, 2.05) is 24.5 Å². The summed E-state index contributed by atoms with van der Waals surface area (Å²) >= 11 is 0. The van der Waals surface area contributed by atoms with Crippen LogP contribution in [0.4, 0.5) is 5.69 Å². The summed E-state index contributed by atoms with van der Waals surface area (Å²) in [5.74, 6) is 1.46. The minimum atomic E-state index is 0.685. The Morgan fingerprint density at radius 2 is 1.68 bits per heavy atom. The molecule has 0 aliphatic rings. The van der Waals surface area contributed by atoms with Gasteiger partial charge in [0.05, 0.1) is 25.3 Å². The van der Waals surface area contributed by atoms with Crippen LogP contribution in [0.1, 0.15) is 11.1 Å². The van der Waals surface area contributed by atoms with Gasteiger partial charge in [-0.25, -0.2) is 4.98 Å². The molecule has 0 bridgehead atoms. The molecule has 0 atom stereocenters. The van der Waals surface area contributed by atoms with Crippen molar-refractivity contribution in [2.75, 3.05) is 19.5 Å². The second kappa shape index (κ2) is 7.64. The van der Waals surface area contributed by atoms with E-state index in [4.69, 9.17) is 9.47 Å². The highest BCUT2D eigenvalue weighted by Crippen LogP contribution is 2.28. The fourth-order valence-corrected chi connectivity index (χ4v) is 3.23. The predicted molar refractivity (Wildman–Crippen MR) is 113 cm³/mol. The van der Waals surface area contributed by atoms with Crippen molar-refractivity contribution in [3.05, 3.63) is 78.1 Å². The van der Waals surface area contributed by atoms with Crippen LogP contribution in [0.5, 0.6) is 11.5 Å². The molecule has 3 aromatic carbocycles. The molecule has 0 saturated carbocycles. The van der Waals surface area contributed by atoms with E-state index in [9.17, 15) is 0 Å². The standard InChI is InChI=1S/C23H23N3O2/c1-16-4-8-19(9-5-16)26-15-25-20-13-18(7-10-21(20)26)24-14-17-6-11-22(27-2)23(12-17)28-3/h4-13,15,24H,14H2,1-3H3. The van der Waals surface area contributed by atoms with Gasteiger partial charge >= 0.3 is 0 Å². The molecule has 142 valence electrons. The Morgan fingerprint density at radius 1 is 0.893 bits per heavy atom. The molecule has 5 heteroatoms. The molecule has 5 nitrogen and oxygen atoms in total. The highest BCUT2D eigenvalue weighted by molar-refractivity contribution is 5.81. The number of methoxy groups -OCH3 is 2. The molecule has 1 N–H and O–H groups in total. The van der Waals surface area contributed by atoms with Crippen LogP contribution in [-0.2, 0) is 6.54 Å². The summed E-state index contributed by atoms with van der Waals surface area (Å²) < 4.78 is 12.8. The number of fused-ring (bicyclic) bond motifs is 1. The average molecular weight is 373 g/mol. The smallest absolute Gasteiger partial charge is 0.161 e. The third-order valence-electron chi connectivity index (χ3n) is 4.80. The molecule has 28 heavy (non-hydrogen) atoms. The van der Waals surface area contributed by atoms with Gasteiger partial charge in [0.15, 0.2) is 11.5 Å². The summed E-state index contributed by atoms with van der Waals surface area (Å²) in [4.78, 5) is 4.57. The lowest BCUT2D eigenvalue weighted by Gasteiger charge is -2.11. The molecular formula is C23H23N3O2. The van der Waals surface area contributed by atoms with Crippen LogP contribution in [0.2, 0.25) is 0 Å². The number of ether oxygens (including phenoxy) is 2. The highest BCUT2D eigenvalue weighted by Gasteiger charge is 2.07. The van der Waals surface area contributed by atoms with Gasteiger partial charge in [0, 0.05) is 17.9 Å². The van der Waals surface area contributed by atoms with E-state index in [-0.39, 0.29) is 0 Å². The van der Waals surface area contributed by atoms with E-state index < -0.39 is 0 Å². The van der Waals surface area contributed by atoms with Crippen LogP contribution in [0.25, 0.3) is 16.7 Å². The summed E-state index contributed by atoms with van der Waals surface area (Å²) in [6, 6.07) is 20.6. The Balaban J connectivity index is 1.53. The number of aromatic nitrogens is 2. The van der Waals surface area contributed by atoms with Gasteiger partial charge in [0.2, 0.25) is 0 Å². The zero-order valence-electron chi connectivity index (χ0n) is 16.3. The summed E-state index contributed by atoms with van der Waals surface area (Å²) in [6.07, 6.45) is 1.87. The van der Waals surface area contributed by atoms with Gasteiger partial charge in [0.25, 0.3) is 0 Å². The van der Waals surface area contributed by atoms with E-state index in [0.29, 0.717) is 6.54 Å². The number of nitrogens with one attached hydrogen (secondary N) is 1. The van der Waals surface area contributed by atoms with Gasteiger partial charge < -0.3 is 14.8 Å². The van der Waals surface area contributed by atoms with Crippen molar-refractivity contribution in [2.24, 2.45) is 0 Å². The van der Waals surface area contributed by atoms with Crippen LogP contribution >= 0.6 is 0 Å². The van der Waals surface area contributed by atoms with Gasteiger partial charge in [-0.1, -0.05) is 23.8 Å². The zero-order valence-corrected chi connectivity index (χ0v) is 16.3. The van der Waals surface area contributed by atoms with Crippen LogP contribution in [0, 0.1) is 6.92 Å². The molecule has 4 rings (SSSR count). The SMILES string of the molecule is COc1ccc(CNc2ccc3c(c2)ncn3-c2ccc(C)cc2)cc1OC. The minimum Gasteiger partial charge on any atom is -0.493 e. The largest absolute Gasteiger partial charge is 0.493 e. The number of aryl methyl sites for hydroxylation is 1. The van der Waals surface area contributed by atoms with Gasteiger partial charge in [-0.2, -0.15) is 0 Å². The number of hydrogen-bond acceptors (Lipinski definition) is 4. The topological polar surface area (TPSA) is 48.3 Å². The number of rotatable bonds is 6. The van der Waals surface area contributed by atoms with Crippen molar-refractivity contribution in [1.29, 1.82) is 0 Å². The molecule has 1 heterocycles. The van der Waals surface area contributed by atoms with E-state index in [2.05, 4.69) is 64.3 Å². The molecule has 0 aliphatic carbocycles. The lowest BCUT2D eigenvalue weighted by molar-refractivity contribution is 0.354. The molecular weight excluding hydrogens is 350 g/mol. The quantitative estimate of drug-likeness (QED) is 0.519. The van der Waals surface area contributed by atoms with Crippen molar-refractivity contribution in [3.63, 3.8) is 0 Å². The molecule has 1 aromatic heterocycles. The highest BCUT2D eigenvalue weighted by atomic mass is 16.5. The lowest BCUT2D eigenvalue weighted by Crippen LogP contribution is -2.00. The fourth-order valence-electron chi connectivity index (χ4n) is 3.23. The average Bonchev–Trinajstić information content (AvgIpc) is 3.15. The van der Waals surface area contributed by atoms with Gasteiger partial charge in [-0.05, 0) is 55.0 Å². The Labute approximate surface area is 164 Å². The number of anilines is 1. The van der Waals surface area contributed by atoms with E-state index in [1.165, 1.54) is 5.56 Å². The van der Waals surface area contributed by atoms with Crippen LogP contribution in [0.3, 0.4) is 0 Å². The second-order valence-electron chi connectivity index (χ2n) is 6.70. The van der Waals surface area contributed by atoms with Gasteiger partial charge in [0.1, 0.15) is 6.33 Å². The third kappa shape index (κ3) is 3.51. The first kappa shape index (κ1) is 17.9. The lowest BCUT2D eigenvalue weighted by atomic mass is 10.2. The number of imidazole rings is 1. The Bertz CT molecular complexity index is 1100. The molecule has 0 radical (unpaired) electrons. The van der Waals surface area contributed by atoms with Crippen LogP contribution in [0.15, 0.2) is 67.0 Å². The first-order valence-electron chi connectivity index (χ1n) is 9.17. The van der Waals surface area contributed by atoms with E-state index in [0.717, 1.165) is 39.5 Å². The Kier molecular flexibility index (Phi) is 4.89. The maximum Gasteiger partial charge on any atom is 0.161 e. The molecule has 0 aliphatic heterocycles. The summed E-state index contributed by atoms with van der Waals surface area (Å²) in [6.45, 7) is 2.77. The molecule has 0 spiro atoms. The number of benzene rings is 3. The summed E-state index contributed by atoms with van der Waals surface area (Å²) in [5.41, 5.74) is 6.53. The third-order valence-corrected chi connectivity index (χ3v) is 4.80. The van der Waals surface area contributed by atoms with Crippen LogP contribution < -0.4 is 14.8 Å². The Morgan fingerprint density at radius 3 is 2.43 bits per heavy atom. The minimum absolute atomic E-state index is 0.685. The predicted octanol–water partition coefficient (Wildman–Crippen LogP) is 4.96. The van der Waals surface area contributed by atoms with Gasteiger partial charge in [-0.3, -0.25) is 4.57 Å². The van der Waals surface area contributed by atoms with E-state index in [1.54, 1.807) is 14.2 Å². The normalized spacial score (nSPS) is 10.8. The maximum absolute atomic E-state index is 5.37. The zero-order chi connectivity index (χ0) is 19.5. The maximum atomic E-state index is 5.37. The number of hydrogen-bond donors (Lipinski definition) is 1. The van der Waals surface area contributed by atoms with Crippen molar-refractivity contribution >= 4 is 16.7 Å². The molecule has 0 unspecified atom stereocenters. The van der Waals surface area contributed by atoms with Crippen LogP contribution in [-0.4, -0.2) is 23.8 Å². The van der Waals surface area contributed by atoms with Crippen molar-refractivity contribution in [3.8, 4) is 17.2 Å². The molecule has 4 aromatic rings. The molecule has 0 amide bonds. The second-order valence-corrected chi connectivity index (χ2v) is 6.70. The fraction of sp³-hybridized carbons (Fsp3) is 0.174. The number of nitrogens with zero attached hydrogens (tertiary/aromatic N) is 2. The molecule has 0 saturated heterocycles. The van der Waals surface area contributed by atoms with Crippen molar-refractivity contribution < 1.29 is 9.47 Å². The van der Waals surface area contributed by atoms with Crippen molar-refractivity contribution in [1.82, 2.24) is 9.55 Å². The molecule has 0 fully saturated rings. The van der Waals surface area contributed by atoms with Crippen molar-refractivity contribution in [2.45, 2.75) is 13.5 Å². The monoisotopic (exact) mass is 373 g/mol. The van der Waals surface area contributed by atoms with E-state index >= 15 is 0 Å². The Hall–Kier alpha value is -3.47. The summed E-state index contributed by atoms with van der Waals surface area (Å²) in [5, 5.41) is 3.45. The van der Waals surface area contributed by atoms with Gasteiger partial charge in [-0.15, -0.1) is 0 Å². The summed E-state index contributed by atoms with van der Waals surface area (Å²) in [7, 11) is 3.29. The first-order chi connectivity index (χ1) is 13.7. The first-order valence-corrected chi connectivity index (χ1v) is 9.17.